The Labute approximate surface area is 256 Å². The maximum Gasteiger partial charge on any atom is 0.417 e. The van der Waals surface area contributed by atoms with Gasteiger partial charge in [-0.3, -0.25) is 4.79 Å². The Hall–Kier alpha value is -2.27. The lowest BCUT2D eigenvalue weighted by molar-refractivity contribution is -0.164. The lowest BCUT2D eigenvalue weighted by Crippen LogP contribution is -2.76. The molecule has 0 aromatic heterocycles. The predicted molar refractivity (Wildman–Crippen MR) is 176 cm³/mol. The Kier molecular flexibility index (Phi) is 10.4. The van der Waals surface area contributed by atoms with Crippen LogP contribution in [0, 0.1) is 0 Å². The summed E-state index contributed by atoms with van der Waals surface area (Å²) in [5, 5.41) is 1.85. The summed E-state index contributed by atoms with van der Waals surface area (Å²) < 4.78 is 20.0. The normalized spacial score (nSPS) is 18.5. The number of ether oxygens (including phenoxy) is 1. The van der Waals surface area contributed by atoms with Crippen LogP contribution in [0.3, 0.4) is 0 Å². The molecule has 2 aromatic rings. The first-order chi connectivity index (χ1) is 19.4. The van der Waals surface area contributed by atoms with Crippen molar-refractivity contribution in [3.8, 4) is 0 Å². The van der Waals surface area contributed by atoms with E-state index in [0.717, 1.165) is 10.4 Å². The average Bonchev–Trinajstić information content (AvgIpc) is 2.87. The first kappa shape index (κ1) is 34.2. The van der Waals surface area contributed by atoms with E-state index in [1.165, 1.54) is 4.90 Å². The van der Waals surface area contributed by atoms with Crippen LogP contribution in [0.1, 0.15) is 83.1 Å². The lowest BCUT2D eigenvalue weighted by atomic mass is 10.00. The molecule has 0 N–H and O–H groups in total. The third-order valence-electron chi connectivity index (χ3n) is 8.68. The maximum atomic E-state index is 14.0. The Bertz CT molecular complexity index is 1140. The molecule has 1 saturated heterocycles. The van der Waals surface area contributed by atoms with E-state index >= 15 is 0 Å². The van der Waals surface area contributed by atoms with Gasteiger partial charge < -0.3 is 13.6 Å². The second-order valence-corrected chi connectivity index (χ2v) is 24.3. The minimum Gasteiger partial charge on any atom is -0.443 e. The zero-order chi connectivity index (χ0) is 31.7. The van der Waals surface area contributed by atoms with Crippen LogP contribution in [0.4, 0.5) is 4.79 Å². The molecule has 2 amide bonds. The molecule has 6 nitrogen and oxygen atoms in total. The Morgan fingerprint density at radius 2 is 1.21 bits per heavy atom. The summed E-state index contributed by atoms with van der Waals surface area (Å²) in [5.74, 6) is -0.364. The molecule has 0 saturated carbocycles. The molecule has 1 fully saturated rings. The SMILES string of the molecule is CC(C)[Si](OC[C@H]1[C@H](O[Si](c2ccccc2)(c2ccccc2)C(C)(C)C)C(=O)N1C(=O)OC(C)(C)C)(C(C)C)C(C)C. The van der Waals surface area contributed by atoms with E-state index in [9.17, 15) is 9.59 Å². The molecule has 1 heterocycles. The van der Waals surface area contributed by atoms with Gasteiger partial charge in [0.25, 0.3) is 14.2 Å². The van der Waals surface area contributed by atoms with Gasteiger partial charge in [0, 0.05) is 0 Å². The molecule has 0 spiro atoms. The van der Waals surface area contributed by atoms with E-state index in [4.69, 9.17) is 13.6 Å². The third-order valence-corrected chi connectivity index (χ3v) is 19.8. The smallest absolute Gasteiger partial charge is 0.417 e. The second-order valence-electron chi connectivity index (χ2n) is 14.6. The molecule has 1 aliphatic heterocycles. The molecular formula is C34H53NO5Si2. The van der Waals surface area contributed by atoms with Crippen LogP contribution < -0.4 is 10.4 Å². The van der Waals surface area contributed by atoms with Crippen molar-refractivity contribution in [1.29, 1.82) is 0 Å². The molecule has 0 radical (unpaired) electrons. The number of β-lactam (4-membered cyclic amide) rings is 1. The van der Waals surface area contributed by atoms with Gasteiger partial charge in [-0.05, 0) is 52.8 Å². The number of benzene rings is 2. The van der Waals surface area contributed by atoms with Gasteiger partial charge >= 0.3 is 6.09 Å². The predicted octanol–water partition coefficient (Wildman–Crippen LogP) is 7.27. The van der Waals surface area contributed by atoms with Crippen molar-refractivity contribution in [2.45, 2.75) is 122 Å². The molecule has 1 aliphatic rings. The Balaban J connectivity index is 2.14. The zero-order valence-corrected chi connectivity index (χ0v) is 29.9. The van der Waals surface area contributed by atoms with Crippen molar-refractivity contribution in [3.63, 3.8) is 0 Å². The van der Waals surface area contributed by atoms with Gasteiger partial charge in [0.2, 0.25) is 0 Å². The number of imide groups is 1. The largest absolute Gasteiger partial charge is 0.443 e. The number of rotatable bonds is 10. The molecule has 3 rings (SSSR count). The third kappa shape index (κ3) is 6.47. The first-order valence-corrected chi connectivity index (χ1v) is 19.4. The van der Waals surface area contributed by atoms with Crippen LogP contribution in [-0.4, -0.2) is 57.9 Å². The van der Waals surface area contributed by atoms with Gasteiger partial charge in [0.1, 0.15) is 11.7 Å². The van der Waals surface area contributed by atoms with E-state index in [1.807, 2.05) is 57.2 Å². The monoisotopic (exact) mass is 611 g/mol. The van der Waals surface area contributed by atoms with Gasteiger partial charge in [-0.15, -0.1) is 0 Å². The highest BCUT2D eigenvalue weighted by atomic mass is 28.4. The highest BCUT2D eigenvalue weighted by molar-refractivity contribution is 6.99. The van der Waals surface area contributed by atoms with Crippen LogP contribution in [0.2, 0.25) is 21.7 Å². The number of amides is 2. The van der Waals surface area contributed by atoms with E-state index in [-0.39, 0.29) is 17.6 Å². The van der Waals surface area contributed by atoms with Crippen LogP contribution in [0.5, 0.6) is 0 Å². The Morgan fingerprint density at radius 3 is 1.57 bits per heavy atom. The molecule has 42 heavy (non-hydrogen) atoms. The van der Waals surface area contributed by atoms with E-state index < -0.39 is 40.5 Å². The van der Waals surface area contributed by atoms with Gasteiger partial charge in [0.15, 0.2) is 8.32 Å². The number of nitrogens with zero attached hydrogens (tertiary/aromatic N) is 1. The van der Waals surface area contributed by atoms with E-state index in [0.29, 0.717) is 16.6 Å². The van der Waals surface area contributed by atoms with Crippen molar-refractivity contribution in [3.05, 3.63) is 60.7 Å². The summed E-state index contributed by atoms with van der Waals surface area (Å²) in [7, 11) is -5.35. The fourth-order valence-corrected chi connectivity index (χ4v) is 17.1. The van der Waals surface area contributed by atoms with Gasteiger partial charge in [-0.1, -0.05) is 123 Å². The molecule has 8 heteroatoms. The highest BCUT2D eigenvalue weighted by Gasteiger charge is 2.61. The van der Waals surface area contributed by atoms with Crippen molar-refractivity contribution in [1.82, 2.24) is 4.90 Å². The summed E-state index contributed by atoms with van der Waals surface area (Å²) in [6.45, 7) is 25.6. The summed E-state index contributed by atoms with van der Waals surface area (Å²) >= 11 is 0. The quantitative estimate of drug-likeness (QED) is 0.209. The number of hydrogen-bond donors (Lipinski definition) is 0. The summed E-state index contributed by atoms with van der Waals surface area (Å²) in [5.41, 5.74) is 0.344. The minimum atomic E-state index is -3.06. The molecule has 232 valence electrons. The van der Waals surface area contributed by atoms with Gasteiger partial charge in [-0.2, -0.15) is 0 Å². The first-order valence-electron chi connectivity index (χ1n) is 15.4. The van der Waals surface area contributed by atoms with Crippen LogP contribution >= 0.6 is 0 Å². The maximum absolute atomic E-state index is 14.0. The number of carbonyl (C=O) groups excluding carboxylic acids is 2. The van der Waals surface area contributed by atoms with Gasteiger partial charge in [0.05, 0.1) is 12.6 Å². The summed E-state index contributed by atoms with van der Waals surface area (Å²) in [6, 6.07) is 20.0. The number of carbonyl (C=O) groups is 2. The fraction of sp³-hybridized carbons (Fsp3) is 0.588. The topological polar surface area (TPSA) is 65.1 Å². The standard InChI is InChI=1S/C34H53NO5Si2/c1-24(2)41(25(3)4,26(5)6)38-23-29-30(31(36)35(29)32(37)39-33(7,8)9)40-42(34(10,11)12,27-19-15-13-16-20-27)28-21-17-14-18-22-28/h13-22,24-26,29-30H,23H2,1-12H3/t29-,30-/m0/s1. The molecular weight excluding hydrogens is 559 g/mol. The lowest BCUT2D eigenvalue weighted by Gasteiger charge is -2.53. The number of hydrogen-bond acceptors (Lipinski definition) is 5. The fourth-order valence-electron chi connectivity index (χ4n) is 6.96. The zero-order valence-electron chi connectivity index (χ0n) is 27.9. The summed E-state index contributed by atoms with van der Waals surface area (Å²) in [4.78, 5) is 28.6. The average molecular weight is 612 g/mol. The van der Waals surface area contributed by atoms with Crippen LogP contribution in [0.15, 0.2) is 60.7 Å². The molecule has 0 unspecified atom stereocenters. The minimum absolute atomic E-state index is 0.231. The molecule has 0 aliphatic carbocycles. The van der Waals surface area contributed by atoms with Crippen LogP contribution in [0.25, 0.3) is 0 Å². The molecule has 2 atom stereocenters. The van der Waals surface area contributed by atoms with E-state index in [1.54, 1.807) is 0 Å². The van der Waals surface area contributed by atoms with Crippen molar-refractivity contribution < 1.29 is 23.2 Å². The van der Waals surface area contributed by atoms with Crippen LogP contribution in [-0.2, 0) is 18.4 Å². The molecule has 2 aromatic carbocycles. The number of likely N-dealkylation sites (tertiary alicyclic amines) is 1. The van der Waals surface area contributed by atoms with E-state index in [2.05, 4.69) is 86.6 Å². The molecule has 0 bridgehead atoms. The van der Waals surface area contributed by atoms with Crippen molar-refractivity contribution in [2.24, 2.45) is 0 Å². The van der Waals surface area contributed by atoms with Gasteiger partial charge in [-0.25, -0.2) is 9.69 Å². The Morgan fingerprint density at radius 1 is 0.786 bits per heavy atom. The second kappa shape index (κ2) is 12.8. The van der Waals surface area contributed by atoms with Crippen molar-refractivity contribution >= 4 is 39.0 Å². The summed E-state index contributed by atoms with van der Waals surface area (Å²) in [6.07, 6.45) is -1.48. The highest BCUT2D eigenvalue weighted by Crippen LogP contribution is 2.44. The van der Waals surface area contributed by atoms with Crippen molar-refractivity contribution in [2.75, 3.05) is 6.61 Å².